The van der Waals surface area contributed by atoms with Gasteiger partial charge in [-0.1, -0.05) is 0 Å². The molecule has 0 aromatic carbocycles. The summed E-state index contributed by atoms with van der Waals surface area (Å²) in [5.74, 6) is 0. The molecule has 0 fully saturated rings. The van der Waals surface area contributed by atoms with Crippen LogP contribution in [0.15, 0.2) is 0 Å². The van der Waals surface area contributed by atoms with Crippen LogP contribution in [0.1, 0.15) is 0 Å². The van der Waals surface area contributed by atoms with Crippen molar-refractivity contribution in [1.29, 1.82) is 5.26 Å². The summed E-state index contributed by atoms with van der Waals surface area (Å²) in [5, 5.41) is 7.03. The molecule has 24 valence electrons. The van der Waals surface area contributed by atoms with E-state index in [2.05, 4.69) is 4.94 Å². The zero-order chi connectivity index (χ0) is 3.41. The second-order valence-corrected chi connectivity index (χ2v) is 0.168. The third kappa shape index (κ3) is 14.0. The first kappa shape index (κ1) is 8.97. The Morgan fingerprint density at radius 1 is 1.80 bits per heavy atom. The average molecular weight is 85.0 g/mol. The summed E-state index contributed by atoms with van der Waals surface area (Å²) in [4.78, 5) is 2.35. The average Bonchev–Trinajstić information content (AvgIpc) is 1.37. The molecule has 0 aliphatic rings. The van der Waals surface area contributed by atoms with Crippen LogP contribution in [0.25, 0.3) is 0 Å². The summed E-state index contributed by atoms with van der Waals surface area (Å²) >= 11 is 0. The molecule has 0 aromatic heterocycles. The molecule has 0 saturated carbocycles. The molecule has 0 aliphatic heterocycles. The van der Waals surface area contributed by atoms with Crippen LogP contribution in [0, 0.1) is 11.5 Å². The molecule has 4 heteroatoms. The molecule has 0 rings (SSSR count). The van der Waals surface area contributed by atoms with Crippen LogP contribution in [-0.4, -0.2) is 29.6 Å². The molecule has 0 N–H and O–H groups in total. The molecular formula is CHFNNaO. The van der Waals surface area contributed by atoms with Crippen molar-refractivity contribution in [3.8, 4) is 6.26 Å². The van der Waals surface area contributed by atoms with Gasteiger partial charge in [0.2, 0.25) is 0 Å². The summed E-state index contributed by atoms with van der Waals surface area (Å²) in [6.07, 6.45) is 0.764. The Hall–Kier alpha value is 0.220. The topological polar surface area (TPSA) is 33.0 Å². The number of halogens is 1. The van der Waals surface area contributed by atoms with Crippen molar-refractivity contribution in [3.63, 3.8) is 0 Å². The number of hydrogen-bond donors (Lipinski definition) is 0. The molecule has 0 heterocycles. The summed E-state index contributed by atoms with van der Waals surface area (Å²) in [5.41, 5.74) is 0. The van der Waals surface area contributed by atoms with Gasteiger partial charge in [0.1, 0.15) is 0 Å². The number of hydrogen-bond acceptors (Lipinski definition) is 2. The van der Waals surface area contributed by atoms with Crippen LogP contribution < -0.4 is 0 Å². The van der Waals surface area contributed by atoms with Crippen molar-refractivity contribution in [3.05, 3.63) is 0 Å². The number of rotatable bonds is 0. The van der Waals surface area contributed by atoms with E-state index < -0.39 is 0 Å². The first-order valence-electron chi connectivity index (χ1n) is 0.582. The Labute approximate surface area is 50.7 Å². The monoisotopic (exact) mass is 85.0 g/mol. The van der Waals surface area contributed by atoms with Crippen LogP contribution in [-0.2, 0) is 4.94 Å². The van der Waals surface area contributed by atoms with Crippen molar-refractivity contribution in [2.24, 2.45) is 0 Å². The second-order valence-electron chi connectivity index (χ2n) is 0.168. The van der Waals surface area contributed by atoms with Gasteiger partial charge >= 0.3 is 35.8 Å². The van der Waals surface area contributed by atoms with Gasteiger partial charge in [0.05, 0.1) is 0 Å². The van der Waals surface area contributed by atoms with Gasteiger partial charge in [-0.15, -0.1) is 5.26 Å². The molecule has 2 nitrogen and oxygen atoms in total. The van der Waals surface area contributed by atoms with E-state index in [0.717, 1.165) is 6.26 Å². The third-order valence-corrected chi connectivity index (χ3v) is 0.0345. The van der Waals surface area contributed by atoms with Gasteiger partial charge in [-0.2, -0.15) is 0 Å². The first-order chi connectivity index (χ1) is 1.91. The van der Waals surface area contributed by atoms with Gasteiger partial charge in [-0.25, -0.2) is 4.94 Å². The predicted octanol–water partition coefficient (Wildman–Crippen LogP) is -0.280. The molecule has 0 aromatic rings. The Morgan fingerprint density at radius 3 is 2.00 bits per heavy atom. The van der Waals surface area contributed by atoms with Crippen molar-refractivity contribution in [2.75, 3.05) is 0 Å². The van der Waals surface area contributed by atoms with E-state index in [4.69, 9.17) is 5.26 Å². The molecule has 0 spiro atoms. The molecule has 0 bridgehead atoms. The number of nitrogens with zero attached hydrogens (tertiary/aromatic N) is 1. The van der Waals surface area contributed by atoms with Gasteiger partial charge in [-0.3, -0.25) is 0 Å². The molecule has 5 heavy (non-hydrogen) atoms. The maximum atomic E-state index is 9.86. The molecule has 0 unspecified atom stereocenters. The normalized spacial score (nSPS) is 3.20. The van der Waals surface area contributed by atoms with Crippen molar-refractivity contribution in [2.45, 2.75) is 0 Å². The van der Waals surface area contributed by atoms with Gasteiger partial charge in [0, 0.05) is 4.53 Å². The zero-order valence-corrected chi connectivity index (χ0v) is 1.73. The molecule has 0 radical (unpaired) electrons. The van der Waals surface area contributed by atoms with Crippen LogP contribution in [0.3, 0.4) is 0 Å². The van der Waals surface area contributed by atoms with E-state index in [1.807, 2.05) is 0 Å². The third-order valence-electron chi connectivity index (χ3n) is 0.0345. The van der Waals surface area contributed by atoms with Crippen LogP contribution in [0.2, 0.25) is 0 Å². The van der Waals surface area contributed by atoms with Crippen LogP contribution >= 0.6 is 0 Å². The Morgan fingerprint density at radius 2 is 2.00 bits per heavy atom. The van der Waals surface area contributed by atoms with E-state index in [1.165, 1.54) is 0 Å². The summed E-state index contributed by atoms with van der Waals surface area (Å²) < 4.78 is 9.86. The van der Waals surface area contributed by atoms with Crippen LogP contribution in [0.5, 0.6) is 0 Å². The summed E-state index contributed by atoms with van der Waals surface area (Å²) in [6.45, 7) is 0. The van der Waals surface area contributed by atoms with Gasteiger partial charge in [-0.05, 0) is 0 Å². The molecule has 0 amide bonds. The minimum atomic E-state index is 0. The van der Waals surface area contributed by atoms with Gasteiger partial charge in [0.25, 0.3) is 0 Å². The van der Waals surface area contributed by atoms with Crippen molar-refractivity contribution < 1.29 is 9.47 Å². The number of nitriles is 1. The van der Waals surface area contributed by atoms with E-state index in [0.29, 0.717) is 0 Å². The fraction of sp³-hybridized carbons (Fsp3) is 0. The molecule has 0 aliphatic carbocycles. The zero-order valence-electron chi connectivity index (χ0n) is 1.73. The van der Waals surface area contributed by atoms with Crippen LogP contribution in [0.4, 0.5) is 4.53 Å². The summed E-state index contributed by atoms with van der Waals surface area (Å²) in [6, 6.07) is 0. The van der Waals surface area contributed by atoms with E-state index in [-0.39, 0.29) is 29.6 Å². The first-order valence-corrected chi connectivity index (χ1v) is 0.582. The van der Waals surface area contributed by atoms with E-state index in [1.54, 1.807) is 0 Å². The predicted molar refractivity (Wildman–Crippen MR) is 15.0 cm³/mol. The van der Waals surface area contributed by atoms with Gasteiger partial charge < -0.3 is 0 Å². The Bertz CT molecular complexity index is 41.4. The minimum absolute atomic E-state index is 0. The van der Waals surface area contributed by atoms with E-state index >= 15 is 0 Å². The molecular weight excluding hydrogens is 84.0 g/mol. The second kappa shape index (κ2) is 8.88. The fourth-order valence-electron chi connectivity index (χ4n) is 0. The molecule has 0 saturated heterocycles. The Balaban J connectivity index is 0. The quantitative estimate of drug-likeness (QED) is 0.299. The Kier molecular flexibility index (Phi) is 15.9. The van der Waals surface area contributed by atoms with E-state index in [9.17, 15) is 4.53 Å². The van der Waals surface area contributed by atoms with Gasteiger partial charge in [0.15, 0.2) is 0 Å². The maximum absolute atomic E-state index is 9.86. The SMILES string of the molecule is N#COF.[NaH]. The summed E-state index contributed by atoms with van der Waals surface area (Å²) in [7, 11) is 0. The molecule has 0 atom stereocenters. The van der Waals surface area contributed by atoms with Crippen molar-refractivity contribution >= 4 is 29.6 Å². The fourth-order valence-corrected chi connectivity index (χ4v) is 0. The van der Waals surface area contributed by atoms with Crippen molar-refractivity contribution in [1.82, 2.24) is 0 Å². The standard InChI is InChI=1S/CFNO.Na.H/c2-4-1-3;;.